The van der Waals surface area contributed by atoms with Crippen LogP contribution in [0.4, 0.5) is 8.78 Å². The van der Waals surface area contributed by atoms with Gasteiger partial charge in [-0.1, -0.05) is 6.07 Å². The van der Waals surface area contributed by atoms with Gasteiger partial charge in [-0.15, -0.1) is 0 Å². The lowest BCUT2D eigenvalue weighted by Gasteiger charge is -2.31. The molecule has 2 rings (SSSR count). The quantitative estimate of drug-likeness (QED) is 0.905. The molecule has 1 N–H and O–H groups in total. The average molecular weight is 268 g/mol. The van der Waals surface area contributed by atoms with Crippen molar-refractivity contribution in [2.24, 2.45) is 0 Å². The third kappa shape index (κ3) is 3.50. The van der Waals surface area contributed by atoms with E-state index in [2.05, 4.69) is 5.32 Å². The minimum Gasteiger partial charge on any atom is -0.341 e. The smallest absolute Gasteiger partial charge is 0.227 e. The maximum atomic E-state index is 13.5. The standard InChI is InChI=1S/C14H18F2N2O/c1-18(12-3-2-6-17-9-12)14(19)7-10-4-5-11(15)8-13(10)16/h4-5,8,12,17H,2-3,6-7,9H2,1H3. The molecule has 1 heterocycles. The van der Waals surface area contributed by atoms with E-state index in [1.807, 2.05) is 0 Å². The number of likely N-dealkylation sites (N-methyl/N-ethyl adjacent to an activating group) is 1. The van der Waals surface area contributed by atoms with Gasteiger partial charge in [0.25, 0.3) is 0 Å². The van der Waals surface area contributed by atoms with E-state index < -0.39 is 11.6 Å². The van der Waals surface area contributed by atoms with Crippen LogP contribution in [-0.4, -0.2) is 37.0 Å². The fraction of sp³-hybridized carbons (Fsp3) is 0.500. The van der Waals surface area contributed by atoms with Crippen molar-refractivity contribution in [3.05, 3.63) is 35.4 Å². The number of amides is 1. The molecule has 0 spiro atoms. The van der Waals surface area contributed by atoms with E-state index in [-0.39, 0.29) is 23.9 Å². The first-order valence-electron chi connectivity index (χ1n) is 6.48. The van der Waals surface area contributed by atoms with Crippen LogP contribution in [-0.2, 0) is 11.2 Å². The van der Waals surface area contributed by atoms with Crippen LogP contribution < -0.4 is 5.32 Å². The molecule has 0 saturated carbocycles. The molecule has 1 saturated heterocycles. The van der Waals surface area contributed by atoms with Gasteiger partial charge in [-0.25, -0.2) is 8.78 Å². The Morgan fingerprint density at radius 1 is 1.47 bits per heavy atom. The molecule has 19 heavy (non-hydrogen) atoms. The van der Waals surface area contributed by atoms with Gasteiger partial charge < -0.3 is 10.2 Å². The number of benzene rings is 1. The van der Waals surface area contributed by atoms with Crippen molar-refractivity contribution in [2.75, 3.05) is 20.1 Å². The maximum absolute atomic E-state index is 13.5. The predicted molar refractivity (Wildman–Crippen MR) is 68.7 cm³/mol. The minimum atomic E-state index is -0.663. The lowest BCUT2D eigenvalue weighted by Crippen LogP contribution is -2.47. The van der Waals surface area contributed by atoms with E-state index in [0.717, 1.165) is 32.0 Å². The number of hydrogen-bond acceptors (Lipinski definition) is 2. The van der Waals surface area contributed by atoms with Crippen molar-refractivity contribution in [3.63, 3.8) is 0 Å². The Bertz CT molecular complexity index is 459. The maximum Gasteiger partial charge on any atom is 0.227 e. The van der Waals surface area contributed by atoms with E-state index in [4.69, 9.17) is 0 Å². The van der Waals surface area contributed by atoms with Crippen LogP contribution in [0.1, 0.15) is 18.4 Å². The number of carbonyl (C=O) groups excluding carboxylic acids is 1. The van der Waals surface area contributed by atoms with Crippen LogP contribution in [0.3, 0.4) is 0 Å². The first kappa shape index (κ1) is 13.9. The molecule has 0 aromatic heterocycles. The van der Waals surface area contributed by atoms with Gasteiger partial charge in [-0.05, 0) is 31.0 Å². The summed E-state index contributed by atoms with van der Waals surface area (Å²) in [6.45, 7) is 1.75. The SMILES string of the molecule is CN(C(=O)Cc1ccc(F)cc1F)C1CCCNC1. The van der Waals surface area contributed by atoms with Crippen molar-refractivity contribution in [3.8, 4) is 0 Å². The number of hydrogen-bond donors (Lipinski definition) is 1. The topological polar surface area (TPSA) is 32.3 Å². The molecule has 1 unspecified atom stereocenters. The van der Waals surface area contributed by atoms with E-state index in [1.165, 1.54) is 12.1 Å². The van der Waals surface area contributed by atoms with Crippen LogP contribution >= 0.6 is 0 Å². The van der Waals surface area contributed by atoms with Crippen molar-refractivity contribution in [2.45, 2.75) is 25.3 Å². The van der Waals surface area contributed by atoms with Crippen molar-refractivity contribution in [1.82, 2.24) is 10.2 Å². The Kier molecular flexibility index (Phi) is 4.47. The second-order valence-corrected chi connectivity index (χ2v) is 4.92. The van der Waals surface area contributed by atoms with E-state index in [9.17, 15) is 13.6 Å². The van der Waals surface area contributed by atoms with Crippen LogP contribution in [0.25, 0.3) is 0 Å². The van der Waals surface area contributed by atoms with Gasteiger partial charge in [0, 0.05) is 25.7 Å². The Labute approximate surface area is 111 Å². The minimum absolute atomic E-state index is 0.0287. The highest BCUT2D eigenvalue weighted by Crippen LogP contribution is 2.14. The summed E-state index contributed by atoms with van der Waals surface area (Å²) < 4.78 is 26.3. The van der Waals surface area contributed by atoms with Crippen molar-refractivity contribution < 1.29 is 13.6 Å². The molecule has 1 aliphatic heterocycles. The molecule has 0 radical (unpaired) electrons. The molecule has 0 aliphatic carbocycles. The van der Waals surface area contributed by atoms with Crippen LogP contribution in [0.5, 0.6) is 0 Å². The second kappa shape index (κ2) is 6.10. The van der Waals surface area contributed by atoms with Gasteiger partial charge in [-0.3, -0.25) is 4.79 Å². The molecule has 1 fully saturated rings. The monoisotopic (exact) mass is 268 g/mol. The number of nitrogens with one attached hydrogen (secondary N) is 1. The number of rotatable bonds is 3. The van der Waals surface area contributed by atoms with E-state index >= 15 is 0 Å². The third-order valence-electron chi connectivity index (χ3n) is 3.57. The third-order valence-corrected chi connectivity index (χ3v) is 3.57. The van der Waals surface area contributed by atoms with Gasteiger partial charge in [-0.2, -0.15) is 0 Å². The largest absolute Gasteiger partial charge is 0.341 e. The summed E-state index contributed by atoms with van der Waals surface area (Å²) in [5.74, 6) is -1.43. The summed E-state index contributed by atoms with van der Waals surface area (Å²) in [7, 11) is 1.74. The average Bonchev–Trinajstić information content (AvgIpc) is 2.42. The first-order valence-corrected chi connectivity index (χ1v) is 6.48. The number of nitrogens with zero attached hydrogens (tertiary/aromatic N) is 1. The van der Waals surface area contributed by atoms with Crippen molar-refractivity contribution in [1.29, 1.82) is 0 Å². The molecule has 1 aliphatic rings. The highest BCUT2D eigenvalue weighted by atomic mass is 19.1. The highest BCUT2D eigenvalue weighted by Gasteiger charge is 2.22. The van der Waals surface area contributed by atoms with E-state index in [0.29, 0.717) is 0 Å². The zero-order chi connectivity index (χ0) is 13.8. The summed E-state index contributed by atoms with van der Waals surface area (Å²) >= 11 is 0. The first-order chi connectivity index (χ1) is 9.08. The van der Waals surface area contributed by atoms with Crippen LogP contribution in [0.15, 0.2) is 18.2 Å². The van der Waals surface area contributed by atoms with Gasteiger partial charge in [0.05, 0.1) is 6.42 Å². The molecule has 1 amide bonds. The Morgan fingerprint density at radius 3 is 2.89 bits per heavy atom. The molecular formula is C14H18F2N2O. The fourth-order valence-corrected chi connectivity index (χ4v) is 2.32. The predicted octanol–water partition coefficient (Wildman–Crippen LogP) is 1.72. The molecule has 1 aromatic rings. The molecular weight excluding hydrogens is 250 g/mol. The van der Waals surface area contributed by atoms with Gasteiger partial charge in [0.15, 0.2) is 0 Å². The molecule has 104 valence electrons. The summed E-state index contributed by atoms with van der Waals surface area (Å²) in [6.07, 6.45) is 1.97. The molecule has 3 nitrogen and oxygen atoms in total. The van der Waals surface area contributed by atoms with E-state index in [1.54, 1.807) is 11.9 Å². The van der Waals surface area contributed by atoms with Gasteiger partial charge >= 0.3 is 0 Å². The number of carbonyl (C=O) groups is 1. The Hall–Kier alpha value is -1.49. The lowest BCUT2D eigenvalue weighted by molar-refractivity contribution is -0.131. The fourth-order valence-electron chi connectivity index (χ4n) is 2.32. The van der Waals surface area contributed by atoms with Crippen LogP contribution in [0, 0.1) is 11.6 Å². The summed E-state index contributed by atoms with van der Waals surface area (Å²) in [4.78, 5) is 13.7. The van der Waals surface area contributed by atoms with Gasteiger partial charge in [0.1, 0.15) is 11.6 Å². The zero-order valence-electron chi connectivity index (χ0n) is 11.0. The molecule has 0 bridgehead atoms. The van der Waals surface area contributed by atoms with Crippen molar-refractivity contribution >= 4 is 5.91 Å². The number of piperidine rings is 1. The normalized spacial score (nSPS) is 19.2. The summed E-state index contributed by atoms with van der Waals surface area (Å²) in [5.41, 5.74) is 0.238. The molecule has 5 heteroatoms. The highest BCUT2D eigenvalue weighted by molar-refractivity contribution is 5.78. The van der Waals surface area contributed by atoms with Crippen LogP contribution in [0.2, 0.25) is 0 Å². The van der Waals surface area contributed by atoms with Gasteiger partial charge in [0.2, 0.25) is 5.91 Å². The number of halogens is 2. The summed E-state index contributed by atoms with van der Waals surface area (Å²) in [6, 6.07) is 3.47. The Balaban J connectivity index is 1.99. The Morgan fingerprint density at radius 2 is 2.26 bits per heavy atom. The molecule has 1 atom stereocenters. The second-order valence-electron chi connectivity index (χ2n) is 4.92. The summed E-state index contributed by atoms with van der Waals surface area (Å²) in [5, 5.41) is 3.24. The zero-order valence-corrected chi connectivity index (χ0v) is 11.0. The lowest BCUT2D eigenvalue weighted by atomic mass is 10.0. The molecule has 1 aromatic carbocycles.